The molecule has 0 saturated heterocycles. The second-order valence-corrected chi connectivity index (χ2v) is 6.21. The number of aromatic amines is 1. The number of alkyl halides is 3. The Kier molecular flexibility index (Phi) is 5.02. The lowest BCUT2D eigenvalue weighted by Crippen LogP contribution is -2.43. The highest BCUT2D eigenvalue weighted by atomic mass is 32.2. The largest absolute Gasteiger partial charge is 0.402 e. The monoisotopic (exact) mass is 349 g/mol. The predicted molar refractivity (Wildman–Crippen MR) is 75.5 cm³/mol. The molecule has 7 nitrogen and oxygen atoms in total. The van der Waals surface area contributed by atoms with Gasteiger partial charge in [0, 0.05) is 0 Å². The molecule has 126 valence electrons. The van der Waals surface area contributed by atoms with Crippen LogP contribution < -0.4 is 9.44 Å². The van der Waals surface area contributed by atoms with Crippen LogP contribution in [0.5, 0.6) is 0 Å². The number of hydrogen-bond donors (Lipinski definition) is 3. The van der Waals surface area contributed by atoms with Gasteiger partial charge in [-0.25, -0.2) is 4.98 Å². The van der Waals surface area contributed by atoms with Crippen molar-refractivity contribution < 1.29 is 21.6 Å². The quantitative estimate of drug-likeness (QED) is 0.729. The van der Waals surface area contributed by atoms with E-state index in [2.05, 4.69) is 19.9 Å². The van der Waals surface area contributed by atoms with E-state index in [0.29, 0.717) is 11.4 Å². The molecule has 0 bridgehead atoms. The molecule has 3 N–H and O–H groups in total. The maximum absolute atomic E-state index is 12.2. The smallest absolute Gasteiger partial charge is 0.263 e. The van der Waals surface area contributed by atoms with E-state index in [1.807, 2.05) is 0 Å². The summed E-state index contributed by atoms with van der Waals surface area (Å²) in [5, 5.41) is 6.44. The Hall–Kier alpha value is -1.98. The van der Waals surface area contributed by atoms with E-state index >= 15 is 0 Å². The van der Waals surface area contributed by atoms with Crippen molar-refractivity contribution in [3.63, 3.8) is 0 Å². The molecule has 0 aliphatic carbocycles. The zero-order valence-corrected chi connectivity index (χ0v) is 12.7. The number of aryl methyl sites for hydroxylation is 1. The zero-order chi connectivity index (χ0) is 17.1. The number of benzene rings is 1. The summed E-state index contributed by atoms with van der Waals surface area (Å²) < 4.78 is 63.8. The molecule has 2 rings (SSSR count). The number of halogens is 3. The van der Waals surface area contributed by atoms with Crippen molar-refractivity contribution in [1.82, 2.24) is 24.6 Å². The molecule has 1 aromatic carbocycles. The van der Waals surface area contributed by atoms with E-state index in [0.717, 1.165) is 0 Å². The first-order valence-corrected chi connectivity index (χ1v) is 7.92. The first-order chi connectivity index (χ1) is 10.7. The minimum atomic E-state index is -4.65. The van der Waals surface area contributed by atoms with E-state index in [1.165, 1.54) is 4.72 Å². The van der Waals surface area contributed by atoms with Crippen molar-refractivity contribution in [1.29, 1.82) is 0 Å². The molecule has 0 saturated carbocycles. The first-order valence-electron chi connectivity index (χ1n) is 6.44. The summed E-state index contributed by atoms with van der Waals surface area (Å²) in [6.45, 7) is -0.0498. The van der Waals surface area contributed by atoms with Crippen LogP contribution in [0.4, 0.5) is 13.2 Å². The second kappa shape index (κ2) is 6.64. The van der Waals surface area contributed by atoms with E-state index in [4.69, 9.17) is 0 Å². The Morgan fingerprint density at radius 1 is 1.26 bits per heavy atom. The van der Waals surface area contributed by atoms with Gasteiger partial charge in [-0.15, -0.1) is 0 Å². The van der Waals surface area contributed by atoms with E-state index in [-0.39, 0.29) is 5.82 Å². The van der Waals surface area contributed by atoms with Gasteiger partial charge in [-0.05, 0) is 12.5 Å². The summed E-state index contributed by atoms with van der Waals surface area (Å²) in [6, 6.07) is 7.26. The molecule has 23 heavy (non-hydrogen) atoms. The fourth-order valence-corrected chi connectivity index (χ4v) is 2.77. The molecular formula is C12H14F3N5O2S. The van der Waals surface area contributed by atoms with Gasteiger partial charge in [0.15, 0.2) is 5.82 Å². The van der Waals surface area contributed by atoms with Crippen LogP contribution in [0.15, 0.2) is 30.3 Å². The number of rotatable bonds is 6. The maximum Gasteiger partial charge on any atom is 0.402 e. The Morgan fingerprint density at radius 3 is 2.43 bits per heavy atom. The number of aromatic nitrogens is 3. The number of hydrogen-bond acceptors (Lipinski definition) is 4. The van der Waals surface area contributed by atoms with Gasteiger partial charge in [-0.1, -0.05) is 30.3 Å². The molecular weight excluding hydrogens is 335 g/mol. The number of nitrogens with one attached hydrogen (secondary N) is 3. The van der Waals surface area contributed by atoms with Gasteiger partial charge in [0.25, 0.3) is 10.2 Å². The van der Waals surface area contributed by atoms with E-state index in [1.54, 1.807) is 37.3 Å². The van der Waals surface area contributed by atoms with Crippen LogP contribution in [0, 0.1) is 6.92 Å². The van der Waals surface area contributed by atoms with Crippen molar-refractivity contribution in [3.8, 4) is 0 Å². The summed E-state index contributed by atoms with van der Waals surface area (Å²) in [5.41, 5.74) is 0.490. The zero-order valence-electron chi connectivity index (χ0n) is 11.9. The topological polar surface area (TPSA) is 99.8 Å². The molecule has 11 heteroatoms. The van der Waals surface area contributed by atoms with Crippen LogP contribution in [0.1, 0.15) is 23.3 Å². The normalized spacial score (nSPS) is 13.9. The van der Waals surface area contributed by atoms with Crippen LogP contribution in [-0.4, -0.2) is 36.3 Å². The van der Waals surface area contributed by atoms with Crippen LogP contribution in [0.25, 0.3) is 0 Å². The fraction of sp³-hybridized carbons (Fsp3) is 0.333. The summed E-state index contributed by atoms with van der Waals surface area (Å²) in [7, 11) is -4.41. The van der Waals surface area contributed by atoms with Gasteiger partial charge in [0.05, 0.1) is 0 Å². The molecule has 0 aliphatic heterocycles. The van der Waals surface area contributed by atoms with Crippen molar-refractivity contribution in [3.05, 3.63) is 47.5 Å². The number of nitrogens with zero attached hydrogens (tertiary/aromatic N) is 2. The van der Waals surface area contributed by atoms with Crippen LogP contribution in [0.3, 0.4) is 0 Å². The third-order valence-electron chi connectivity index (χ3n) is 2.74. The fourth-order valence-electron chi connectivity index (χ4n) is 1.78. The van der Waals surface area contributed by atoms with Gasteiger partial charge < -0.3 is 0 Å². The van der Waals surface area contributed by atoms with Gasteiger partial charge in [-0.3, -0.25) is 5.10 Å². The Bertz CT molecular complexity index is 746. The SMILES string of the molecule is Cc1nc([C@@H](NS(=O)(=O)NCC(F)(F)F)c2ccccc2)n[nH]1. The highest BCUT2D eigenvalue weighted by molar-refractivity contribution is 7.87. The van der Waals surface area contributed by atoms with Crippen LogP contribution in [0.2, 0.25) is 0 Å². The molecule has 1 atom stereocenters. The highest BCUT2D eigenvalue weighted by Gasteiger charge is 2.31. The Balaban J connectivity index is 2.25. The lowest BCUT2D eigenvalue weighted by molar-refractivity contribution is -0.121. The van der Waals surface area contributed by atoms with Crippen molar-refractivity contribution in [2.24, 2.45) is 0 Å². The number of H-pyrrole nitrogens is 1. The van der Waals surface area contributed by atoms with Gasteiger partial charge in [0.2, 0.25) is 0 Å². The molecule has 2 aromatic rings. The Labute approximate surface area is 130 Å². The average Bonchev–Trinajstić information content (AvgIpc) is 2.90. The minimum absolute atomic E-state index is 0.103. The molecule has 0 radical (unpaired) electrons. The van der Waals surface area contributed by atoms with E-state index in [9.17, 15) is 21.6 Å². The Morgan fingerprint density at radius 2 is 1.91 bits per heavy atom. The highest BCUT2D eigenvalue weighted by Crippen LogP contribution is 2.20. The molecule has 0 fully saturated rings. The first kappa shape index (κ1) is 17.4. The standard InChI is InChI=1S/C12H14F3N5O2S/c1-8-17-11(19-18-8)10(9-5-3-2-4-6-9)20-23(21,22)16-7-12(13,14)15/h2-6,10,16,20H,7H2,1H3,(H,17,18,19)/t10-/m0/s1. The van der Waals surface area contributed by atoms with Crippen LogP contribution >= 0.6 is 0 Å². The molecule has 1 aromatic heterocycles. The van der Waals surface area contributed by atoms with E-state index < -0.39 is 29.0 Å². The summed E-state index contributed by atoms with van der Waals surface area (Å²) >= 11 is 0. The maximum atomic E-state index is 12.2. The molecule has 0 spiro atoms. The lowest BCUT2D eigenvalue weighted by atomic mass is 10.1. The summed E-state index contributed by atoms with van der Waals surface area (Å²) in [5.74, 6) is 0.550. The molecule has 0 amide bonds. The van der Waals surface area contributed by atoms with Crippen LogP contribution in [-0.2, 0) is 10.2 Å². The van der Waals surface area contributed by atoms with Crippen molar-refractivity contribution in [2.45, 2.75) is 19.1 Å². The third-order valence-corrected chi connectivity index (χ3v) is 3.81. The van der Waals surface area contributed by atoms with Gasteiger partial charge in [0.1, 0.15) is 18.4 Å². The summed E-state index contributed by atoms with van der Waals surface area (Å²) in [6.07, 6.45) is -4.65. The molecule has 0 unspecified atom stereocenters. The van der Waals surface area contributed by atoms with Crippen molar-refractivity contribution >= 4 is 10.2 Å². The third kappa shape index (κ3) is 5.30. The molecule has 0 aliphatic rings. The lowest BCUT2D eigenvalue weighted by Gasteiger charge is -2.17. The summed E-state index contributed by atoms with van der Waals surface area (Å²) in [4.78, 5) is 4.04. The minimum Gasteiger partial charge on any atom is -0.263 e. The second-order valence-electron chi connectivity index (χ2n) is 4.68. The van der Waals surface area contributed by atoms with Gasteiger partial charge >= 0.3 is 6.18 Å². The predicted octanol–water partition coefficient (Wildman–Crippen LogP) is 1.19. The van der Waals surface area contributed by atoms with Gasteiger partial charge in [-0.2, -0.15) is 36.1 Å². The molecule has 1 heterocycles. The average molecular weight is 349 g/mol. The van der Waals surface area contributed by atoms with Crippen molar-refractivity contribution in [2.75, 3.05) is 6.54 Å².